The normalized spacial score (nSPS) is 11.0. The monoisotopic (exact) mass is 340 g/mol. The molecule has 0 aliphatic rings. The fourth-order valence-corrected chi connectivity index (χ4v) is 2.42. The van der Waals surface area contributed by atoms with Crippen LogP contribution in [0.5, 0.6) is 0 Å². The molecule has 0 aliphatic heterocycles. The summed E-state index contributed by atoms with van der Waals surface area (Å²) in [6.45, 7) is 0. The number of benzene rings is 1. The molecule has 4 aromatic rings. The number of nitrogens with one attached hydrogen (secondary N) is 2. The predicted octanol–water partition coefficient (Wildman–Crippen LogP) is 2.65. The van der Waals surface area contributed by atoms with Gasteiger partial charge in [0.05, 0.1) is 6.20 Å². The predicted molar refractivity (Wildman–Crippen MR) is 84.9 cm³/mol. The van der Waals surface area contributed by atoms with Crippen LogP contribution in [0.3, 0.4) is 0 Å². The largest absolute Gasteiger partial charge is 0.320 e. The molecule has 0 unspecified atom stereocenters. The Kier molecular flexibility index (Phi) is 3.46. The zero-order chi connectivity index (χ0) is 17.4. The van der Waals surface area contributed by atoms with Gasteiger partial charge in [-0.2, -0.15) is 0 Å². The van der Waals surface area contributed by atoms with Crippen LogP contribution in [0.4, 0.5) is 14.5 Å². The number of amides is 1. The maximum atomic E-state index is 13.2. The summed E-state index contributed by atoms with van der Waals surface area (Å²) in [7, 11) is 0. The molecule has 4 rings (SSSR count). The van der Waals surface area contributed by atoms with Crippen LogP contribution in [0.2, 0.25) is 0 Å². The summed E-state index contributed by atoms with van der Waals surface area (Å²) < 4.78 is 28.1. The van der Waals surface area contributed by atoms with Crippen LogP contribution in [0.25, 0.3) is 16.9 Å². The number of fused-ring (bicyclic) bond motifs is 1. The fourth-order valence-electron chi connectivity index (χ4n) is 2.42. The van der Waals surface area contributed by atoms with Gasteiger partial charge in [0.25, 0.3) is 5.91 Å². The van der Waals surface area contributed by atoms with Crippen molar-refractivity contribution in [2.75, 3.05) is 5.32 Å². The highest BCUT2D eigenvalue weighted by Gasteiger charge is 2.13. The molecular formula is C16H10F2N6O. The van der Waals surface area contributed by atoms with Crippen molar-refractivity contribution in [3.05, 3.63) is 66.3 Å². The summed E-state index contributed by atoms with van der Waals surface area (Å²) in [5.41, 5.74) is 2.11. The molecule has 0 saturated heterocycles. The van der Waals surface area contributed by atoms with E-state index in [1.165, 1.54) is 6.20 Å². The first-order chi connectivity index (χ1) is 12.1. The Morgan fingerprint density at radius 2 is 1.92 bits per heavy atom. The molecule has 9 heteroatoms. The Hall–Kier alpha value is -3.62. The van der Waals surface area contributed by atoms with Crippen molar-refractivity contribution in [3.63, 3.8) is 0 Å². The minimum absolute atomic E-state index is 0.0165. The number of aromatic amines is 1. The maximum Gasteiger partial charge on any atom is 0.275 e. The van der Waals surface area contributed by atoms with E-state index in [2.05, 4.69) is 25.7 Å². The van der Waals surface area contributed by atoms with E-state index in [1.54, 1.807) is 28.9 Å². The van der Waals surface area contributed by atoms with E-state index in [0.29, 0.717) is 11.3 Å². The molecule has 0 atom stereocenters. The number of imidazole rings is 1. The van der Waals surface area contributed by atoms with Crippen LogP contribution in [0.1, 0.15) is 10.5 Å². The molecule has 0 aliphatic carbocycles. The van der Waals surface area contributed by atoms with Crippen LogP contribution in [0, 0.1) is 11.6 Å². The lowest BCUT2D eigenvalue weighted by atomic mass is 10.2. The summed E-state index contributed by atoms with van der Waals surface area (Å²) in [5.74, 6) is -2.12. The van der Waals surface area contributed by atoms with E-state index < -0.39 is 17.5 Å². The number of halogens is 2. The van der Waals surface area contributed by atoms with Crippen molar-refractivity contribution in [2.45, 2.75) is 0 Å². The Morgan fingerprint density at radius 3 is 2.64 bits per heavy atom. The Bertz CT molecular complexity index is 1050. The van der Waals surface area contributed by atoms with Crippen LogP contribution >= 0.6 is 0 Å². The molecular weight excluding hydrogens is 330 g/mol. The highest BCUT2D eigenvalue weighted by atomic mass is 19.1. The molecule has 0 fully saturated rings. The smallest absolute Gasteiger partial charge is 0.275 e. The minimum atomic E-state index is -0.775. The lowest BCUT2D eigenvalue weighted by Crippen LogP contribution is -2.12. The van der Waals surface area contributed by atoms with Gasteiger partial charge >= 0.3 is 0 Å². The molecule has 1 aromatic carbocycles. The van der Waals surface area contributed by atoms with E-state index in [0.717, 1.165) is 23.8 Å². The lowest BCUT2D eigenvalue weighted by molar-refractivity contribution is 0.102. The second-order valence-electron chi connectivity index (χ2n) is 5.28. The first kappa shape index (κ1) is 14.9. The third kappa shape index (κ3) is 2.94. The molecule has 7 nitrogen and oxygen atoms in total. The number of pyridine rings is 1. The van der Waals surface area contributed by atoms with Crippen molar-refractivity contribution in [3.8, 4) is 11.3 Å². The summed E-state index contributed by atoms with van der Waals surface area (Å²) in [5, 5.41) is 12.6. The molecule has 0 radical (unpaired) electrons. The summed E-state index contributed by atoms with van der Waals surface area (Å²) >= 11 is 0. The van der Waals surface area contributed by atoms with E-state index >= 15 is 0 Å². The third-order valence-corrected chi connectivity index (χ3v) is 3.52. The second kappa shape index (κ2) is 5.78. The zero-order valence-electron chi connectivity index (χ0n) is 12.6. The van der Waals surface area contributed by atoms with Gasteiger partial charge in [0.2, 0.25) is 0 Å². The van der Waals surface area contributed by atoms with E-state index in [1.807, 2.05) is 0 Å². The standard InChI is InChI=1S/C16H10F2N6O/c17-10-3-11(18)5-12(4-10)20-16(25)14-8-24-7-9(1-2-15(24)21-14)13-6-19-23-22-13/h1-8H,(H,20,25)(H,19,22,23). The van der Waals surface area contributed by atoms with Gasteiger partial charge in [-0.05, 0) is 24.3 Å². The molecule has 3 heterocycles. The number of hydrogen-bond donors (Lipinski definition) is 2. The first-order valence-electron chi connectivity index (χ1n) is 7.21. The van der Waals surface area contributed by atoms with Crippen LogP contribution < -0.4 is 5.32 Å². The van der Waals surface area contributed by atoms with Gasteiger partial charge in [-0.1, -0.05) is 5.21 Å². The van der Waals surface area contributed by atoms with Gasteiger partial charge in [-0.25, -0.2) is 13.8 Å². The fraction of sp³-hybridized carbons (Fsp3) is 0. The molecule has 3 aromatic heterocycles. The highest BCUT2D eigenvalue weighted by Crippen LogP contribution is 2.18. The number of H-pyrrole nitrogens is 1. The van der Waals surface area contributed by atoms with Crippen LogP contribution in [-0.4, -0.2) is 30.7 Å². The van der Waals surface area contributed by atoms with Gasteiger partial charge in [0.15, 0.2) is 0 Å². The average Bonchev–Trinajstić information content (AvgIpc) is 3.22. The summed E-state index contributed by atoms with van der Waals surface area (Å²) in [6, 6.07) is 6.30. The van der Waals surface area contributed by atoms with Crippen molar-refractivity contribution in [1.82, 2.24) is 24.8 Å². The van der Waals surface area contributed by atoms with Crippen molar-refractivity contribution in [1.29, 1.82) is 0 Å². The number of aromatic nitrogens is 5. The van der Waals surface area contributed by atoms with Gasteiger partial charge in [-0.15, -0.1) is 5.10 Å². The van der Waals surface area contributed by atoms with Crippen molar-refractivity contribution >= 4 is 17.2 Å². The van der Waals surface area contributed by atoms with Crippen molar-refractivity contribution < 1.29 is 13.6 Å². The minimum Gasteiger partial charge on any atom is -0.320 e. The molecule has 2 N–H and O–H groups in total. The molecule has 25 heavy (non-hydrogen) atoms. The first-order valence-corrected chi connectivity index (χ1v) is 7.21. The Morgan fingerprint density at radius 1 is 1.12 bits per heavy atom. The molecule has 0 saturated carbocycles. The third-order valence-electron chi connectivity index (χ3n) is 3.52. The summed E-state index contributed by atoms with van der Waals surface area (Å²) in [4.78, 5) is 16.5. The Balaban J connectivity index is 1.63. The van der Waals surface area contributed by atoms with Gasteiger partial charge in [0.1, 0.15) is 28.7 Å². The molecule has 1 amide bonds. The molecule has 0 spiro atoms. The topological polar surface area (TPSA) is 88.0 Å². The van der Waals surface area contributed by atoms with Gasteiger partial charge in [0, 0.05) is 29.7 Å². The lowest BCUT2D eigenvalue weighted by Gasteiger charge is -2.03. The zero-order valence-corrected chi connectivity index (χ0v) is 12.6. The highest BCUT2D eigenvalue weighted by molar-refractivity contribution is 6.03. The SMILES string of the molecule is O=C(Nc1cc(F)cc(F)c1)c1cn2cc(-c3c[nH]nn3)ccc2n1. The Labute approximate surface area is 139 Å². The quantitative estimate of drug-likeness (QED) is 0.600. The van der Waals surface area contributed by atoms with Crippen molar-refractivity contribution in [2.24, 2.45) is 0 Å². The number of carbonyl (C=O) groups excluding carboxylic acids is 1. The average molecular weight is 340 g/mol. The number of carbonyl (C=O) groups is 1. The summed E-state index contributed by atoms with van der Waals surface area (Å²) in [6.07, 6.45) is 4.91. The van der Waals surface area contributed by atoms with Crippen LogP contribution in [-0.2, 0) is 0 Å². The number of anilines is 1. The van der Waals surface area contributed by atoms with E-state index in [-0.39, 0.29) is 11.4 Å². The molecule has 0 bridgehead atoms. The second-order valence-corrected chi connectivity index (χ2v) is 5.28. The number of rotatable bonds is 3. The maximum absolute atomic E-state index is 13.2. The van der Waals surface area contributed by atoms with Crippen LogP contribution in [0.15, 0.2) is 48.9 Å². The number of nitrogens with zero attached hydrogens (tertiary/aromatic N) is 4. The van der Waals surface area contributed by atoms with E-state index in [4.69, 9.17) is 0 Å². The number of hydrogen-bond acceptors (Lipinski definition) is 4. The van der Waals surface area contributed by atoms with Gasteiger partial charge in [-0.3, -0.25) is 9.89 Å². The molecule has 124 valence electrons. The van der Waals surface area contributed by atoms with E-state index in [9.17, 15) is 13.6 Å². The van der Waals surface area contributed by atoms with Gasteiger partial charge < -0.3 is 9.72 Å².